The number of morpholine rings is 1. The van der Waals surface area contributed by atoms with E-state index in [-0.39, 0.29) is 6.04 Å². The molecule has 1 fully saturated rings. The average molecular weight is 388 g/mol. The number of fused-ring (bicyclic) bond motifs is 3. The van der Waals surface area contributed by atoms with Gasteiger partial charge in [0, 0.05) is 25.0 Å². The van der Waals surface area contributed by atoms with Crippen molar-refractivity contribution in [3.8, 4) is 0 Å². The molecule has 6 heteroatoms. The van der Waals surface area contributed by atoms with E-state index < -0.39 is 0 Å². The van der Waals surface area contributed by atoms with Crippen molar-refractivity contribution in [2.75, 3.05) is 38.2 Å². The summed E-state index contributed by atoms with van der Waals surface area (Å²) < 4.78 is 11.6. The molecule has 2 aromatic carbocycles. The lowest BCUT2D eigenvalue weighted by atomic mass is 10.0. The molecule has 1 N–H and O–H groups in total. The molecule has 0 radical (unpaired) electrons. The Morgan fingerprint density at radius 2 is 1.83 bits per heavy atom. The highest BCUT2D eigenvalue weighted by molar-refractivity contribution is 6.05. The number of benzene rings is 2. The second-order valence-corrected chi connectivity index (χ2v) is 7.52. The molecule has 3 heterocycles. The highest BCUT2D eigenvalue weighted by Gasteiger charge is 2.21. The van der Waals surface area contributed by atoms with Gasteiger partial charge in [-0.15, -0.1) is 0 Å². The van der Waals surface area contributed by atoms with Crippen LogP contribution in [0.3, 0.4) is 0 Å². The highest BCUT2D eigenvalue weighted by atomic mass is 16.5. The summed E-state index contributed by atoms with van der Waals surface area (Å²) in [5.74, 6) is 0.727. The minimum absolute atomic E-state index is 0.0833. The van der Waals surface area contributed by atoms with Crippen LogP contribution in [0.1, 0.15) is 17.2 Å². The molecule has 6 nitrogen and oxygen atoms in total. The van der Waals surface area contributed by atoms with E-state index in [9.17, 15) is 0 Å². The van der Waals surface area contributed by atoms with Crippen LogP contribution < -0.4 is 5.32 Å². The fourth-order valence-corrected chi connectivity index (χ4v) is 3.87. The van der Waals surface area contributed by atoms with Gasteiger partial charge >= 0.3 is 0 Å². The number of anilines is 1. The zero-order chi connectivity index (χ0) is 19.6. The Morgan fingerprint density at radius 1 is 1.03 bits per heavy atom. The normalized spacial score (nSPS) is 16.3. The average Bonchev–Trinajstić information content (AvgIpc) is 3.14. The van der Waals surface area contributed by atoms with Gasteiger partial charge in [-0.2, -0.15) is 0 Å². The number of para-hydroxylation sites is 1. The first-order valence-corrected chi connectivity index (χ1v) is 10.0. The lowest BCUT2D eigenvalue weighted by molar-refractivity contribution is 0.0361. The Kier molecular flexibility index (Phi) is 4.87. The molecule has 1 saturated heterocycles. The first-order chi connectivity index (χ1) is 14.3. The van der Waals surface area contributed by atoms with Gasteiger partial charge in [0.05, 0.1) is 19.3 Å². The smallest absolute Gasteiger partial charge is 0.196 e. The van der Waals surface area contributed by atoms with Crippen molar-refractivity contribution in [3.05, 3.63) is 66.0 Å². The van der Waals surface area contributed by atoms with Crippen molar-refractivity contribution in [1.82, 2.24) is 14.9 Å². The number of hydrogen-bond donors (Lipinski definition) is 1. The van der Waals surface area contributed by atoms with Gasteiger partial charge in [0.1, 0.15) is 17.4 Å². The molecular weight excluding hydrogens is 364 g/mol. The third kappa shape index (κ3) is 3.69. The molecule has 0 aliphatic carbocycles. The van der Waals surface area contributed by atoms with E-state index in [1.807, 2.05) is 24.3 Å². The topological polar surface area (TPSA) is 63.4 Å². The van der Waals surface area contributed by atoms with Crippen molar-refractivity contribution in [1.29, 1.82) is 0 Å². The number of nitrogens with zero attached hydrogens (tertiary/aromatic N) is 3. The van der Waals surface area contributed by atoms with Gasteiger partial charge in [-0.1, -0.05) is 42.0 Å². The maximum atomic E-state index is 6.11. The Labute approximate surface area is 169 Å². The van der Waals surface area contributed by atoms with Crippen LogP contribution in [0.2, 0.25) is 0 Å². The third-order valence-corrected chi connectivity index (χ3v) is 5.49. The first kappa shape index (κ1) is 18.1. The van der Waals surface area contributed by atoms with E-state index in [1.165, 1.54) is 11.1 Å². The van der Waals surface area contributed by atoms with E-state index in [4.69, 9.17) is 9.15 Å². The largest absolute Gasteiger partial charge is 0.450 e. The summed E-state index contributed by atoms with van der Waals surface area (Å²) in [6.07, 6.45) is 1.60. The lowest BCUT2D eigenvalue weighted by Gasteiger charge is -2.31. The fourth-order valence-electron chi connectivity index (χ4n) is 3.87. The molecule has 1 aliphatic rings. The van der Waals surface area contributed by atoms with Crippen LogP contribution in [-0.4, -0.2) is 47.7 Å². The monoisotopic (exact) mass is 388 g/mol. The van der Waals surface area contributed by atoms with Crippen LogP contribution in [0.5, 0.6) is 0 Å². The molecule has 4 aromatic rings. The van der Waals surface area contributed by atoms with E-state index in [0.717, 1.165) is 55.2 Å². The maximum absolute atomic E-state index is 6.11. The van der Waals surface area contributed by atoms with Crippen LogP contribution in [0.15, 0.2) is 59.3 Å². The number of hydrogen-bond acceptors (Lipinski definition) is 6. The number of rotatable bonds is 5. The second-order valence-electron chi connectivity index (χ2n) is 7.52. The minimum atomic E-state index is 0.0833. The minimum Gasteiger partial charge on any atom is -0.450 e. The van der Waals surface area contributed by atoms with E-state index in [0.29, 0.717) is 5.58 Å². The molecule has 1 aliphatic heterocycles. The Bertz CT molecular complexity index is 1120. The van der Waals surface area contributed by atoms with Crippen molar-refractivity contribution in [2.45, 2.75) is 13.0 Å². The SMILES string of the molecule is Cc1ccc(C(CN2CCOCC2)Nc2ncnc3c2oc2ccccc23)cc1. The second kappa shape index (κ2) is 7.81. The van der Waals surface area contributed by atoms with Crippen LogP contribution in [0.4, 0.5) is 5.82 Å². The van der Waals surface area contributed by atoms with Crippen LogP contribution in [0.25, 0.3) is 22.1 Å². The van der Waals surface area contributed by atoms with Crippen molar-refractivity contribution in [2.24, 2.45) is 0 Å². The molecule has 0 amide bonds. The molecule has 1 atom stereocenters. The van der Waals surface area contributed by atoms with E-state index >= 15 is 0 Å². The fraction of sp³-hybridized carbons (Fsp3) is 0.304. The van der Waals surface area contributed by atoms with Crippen LogP contribution >= 0.6 is 0 Å². The molecule has 0 bridgehead atoms. The summed E-state index contributed by atoms with van der Waals surface area (Å²) in [5, 5.41) is 4.65. The van der Waals surface area contributed by atoms with Crippen molar-refractivity contribution >= 4 is 27.9 Å². The number of furan rings is 1. The van der Waals surface area contributed by atoms with Gasteiger partial charge < -0.3 is 14.5 Å². The number of aryl methyl sites for hydroxylation is 1. The molecule has 0 spiro atoms. The summed E-state index contributed by atoms with van der Waals surface area (Å²) in [5.41, 5.74) is 4.84. The predicted molar refractivity (Wildman–Crippen MR) is 114 cm³/mol. The zero-order valence-electron chi connectivity index (χ0n) is 16.5. The van der Waals surface area contributed by atoms with Crippen LogP contribution in [0, 0.1) is 6.92 Å². The van der Waals surface area contributed by atoms with Gasteiger partial charge in [0.25, 0.3) is 0 Å². The molecule has 1 unspecified atom stereocenters. The van der Waals surface area contributed by atoms with E-state index in [1.54, 1.807) is 6.33 Å². The van der Waals surface area contributed by atoms with Gasteiger partial charge in [-0.3, -0.25) is 4.90 Å². The summed E-state index contributed by atoms with van der Waals surface area (Å²) in [4.78, 5) is 11.4. The molecule has 5 rings (SSSR count). The van der Waals surface area contributed by atoms with Gasteiger partial charge in [-0.25, -0.2) is 9.97 Å². The molecule has 2 aromatic heterocycles. The van der Waals surface area contributed by atoms with Gasteiger partial charge in [0.2, 0.25) is 0 Å². The summed E-state index contributed by atoms with van der Waals surface area (Å²) in [7, 11) is 0. The van der Waals surface area contributed by atoms with Gasteiger partial charge in [0.15, 0.2) is 11.4 Å². The summed E-state index contributed by atoms with van der Waals surface area (Å²) in [6.45, 7) is 6.42. The number of ether oxygens (including phenoxy) is 1. The Hall–Kier alpha value is -2.96. The first-order valence-electron chi connectivity index (χ1n) is 10.0. The van der Waals surface area contributed by atoms with Crippen LogP contribution in [-0.2, 0) is 4.74 Å². The molecule has 29 heavy (non-hydrogen) atoms. The maximum Gasteiger partial charge on any atom is 0.196 e. The molecular formula is C23H24N4O2. The summed E-state index contributed by atoms with van der Waals surface area (Å²) in [6, 6.07) is 16.7. The number of nitrogens with one attached hydrogen (secondary N) is 1. The predicted octanol–water partition coefficient (Wildman–Crippen LogP) is 4.17. The van der Waals surface area contributed by atoms with Crippen molar-refractivity contribution < 1.29 is 9.15 Å². The Balaban J connectivity index is 1.51. The standard InChI is InChI=1S/C23H24N4O2/c1-16-6-8-17(9-7-16)19(14-27-10-12-28-13-11-27)26-23-22-21(24-15-25-23)18-4-2-3-5-20(18)29-22/h2-9,15,19H,10-14H2,1H3,(H,24,25,26). The van der Waals surface area contributed by atoms with E-state index in [2.05, 4.69) is 51.4 Å². The number of aromatic nitrogens is 2. The molecule has 148 valence electrons. The highest BCUT2D eigenvalue weighted by Crippen LogP contribution is 2.32. The zero-order valence-corrected chi connectivity index (χ0v) is 16.5. The lowest BCUT2D eigenvalue weighted by Crippen LogP contribution is -2.40. The van der Waals surface area contributed by atoms with Crippen molar-refractivity contribution in [3.63, 3.8) is 0 Å². The third-order valence-electron chi connectivity index (χ3n) is 5.49. The van der Waals surface area contributed by atoms with Gasteiger partial charge in [-0.05, 0) is 24.6 Å². The molecule has 0 saturated carbocycles. The Morgan fingerprint density at radius 3 is 2.66 bits per heavy atom. The quantitative estimate of drug-likeness (QED) is 0.554. The summed E-state index contributed by atoms with van der Waals surface area (Å²) >= 11 is 0.